The van der Waals surface area contributed by atoms with E-state index in [0.29, 0.717) is 0 Å². The van der Waals surface area contributed by atoms with Crippen molar-refractivity contribution in [3.8, 4) is 0 Å². The van der Waals surface area contributed by atoms with Gasteiger partial charge in [0.05, 0.1) is 0 Å². The highest BCUT2D eigenvalue weighted by Crippen LogP contribution is 2.12. The van der Waals surface area contributed by atoms with Crippen LogP contribution in [0.4, 0.5) is 0 Å². The second kappa shape index (κ2) is 5.83. The summed E-state index contributed by atoms with van der Waals surface area (Å²) in [4.78, 5) is 0. The molecule has 0 N–H and O–H groups in total. The summed E-state index contributed by atoms with van der Waals surface area (Å²) < 4.78 is 0.759. The molecule has 4 heteroatoms. The van der Waals surface area contributed by atoms with Crippen LogP contribution in [0.2, 0.25) is 6.32 Å². The molecular weight excluding hydrogens is 285 g/mol. The Balaban J connectivity index is 2.68. The first-order valence-electron chi connectivity index (χ1n) is 2.23. The fourth-order valence-corrected chi connectivity index (χ4v) is 1.27. The Morgan fingerprint density at radius 3 is 2.43 bits per heavy atom. The molecule has 0 aromatic rings. The van der Waals surface area contributed by atoms with Gasteiger partial charge in [-0.2, -0.15) is 9.12 Å². The molecule has 0 fully saturated rings. The highest BCUT2D eigenvalue weighted by molar-refractivity contribution is 14.1. The van der Waals surface area contributed by atoms with Gasteiger partial charge in [0.2, 0.25) is 4.29 Å². The van der Waals surface area contributed by atoms with Crippen LogP contribution in [0.25, 0.3) is 0 Å². The van der Waals surface area contributed by atoms with E-state index in [1.807, 2.05) is 0 Å². The molecule has 0 amide bonds. The van der Waals surface area contributed by atoms with Crippen molar-refractivity contribution in [3.63, 3.8) is 0 Å². The third-order valence-corrected chi connectivity index (χ3v) is 2.13. The van der Waals surface area contributed by atoms with Gasteiger partial charge in [0.25, 0.3) is 0 Å². The average Bonchev–Trinajstić information content (AvgIpc) is 1.61. The van der Waals surface area contributed by atoms with E-state index in [-0.39, 0.29) is 0 Å². The third kappa shape index (κ3) is 7.70. The van der Waals surface area contributed by atoms with Crippen molar-refractivity contribution in [2.24, 2.45) is 0 Å². The lowest BCUT2D eigenvalue weighted by Gasteiger charge is -1.92. The predicted octanol–water partition coefficient (Wildman–Crippen LogP) is 2.57. The monoisotopic (exact) mass is 292 g/mol. The summed E-state index contributed by atoms with van der Waals surface area (Å²) in [6, 6.07) is 0. The van der Waals surface area contributed by atoms with Crippen molar-refractivity contribution >= 4 is 51.7 Å². The van der Waals surface area contributed by atoms with Crippen molar-refractivity contribution < 1.29 is 0 Å². The maximum absolute atomic E-state index is 3.37. The summed E-state index contributed by atoms with van der Waals surface area (Å²) in [5.74, 6) is 0. The van der Waals surface area contributed by atoms with Gasteiger partial charge in [0.15, 0.2) is 0 Å². The summed E-state index contributed by atoms with van der Waals surface area (Å²) in [5.41, 5.74) is 0. The zero-order chi connectivity index (χ0) is 5.70. The van der Waals surface area contributed by atoms with E-state index < -0.39 is 0 Å². The maximum atomic E-state index is 3.37. The second-order valence-electron chi connectivity index (χ2n) is 1.35. The van der Waals surface area contributed by atoms with Crippen LogP contribution in [0, 0.1) is 0 Å². The standard InChI is InChI=1S/C3H8BBrIP/c5-3-1-2-4(6)7/h1-3,7H2. The summed E-state index contributed by atoms with van der Waals surface area (Å²) in [7, 11) is 2.77. The second-order valence-corrected chi connectivity index (χ2v) is 5.90. The molecule has 0 spiro atoms. The minimum absolute atomic E-state index is 0.759. The Hall–Kier alpha value is 1.70. The van der Waals surface area contributed by atoms with Gasteiger partial charge in [-0.1, -0.05) is 22.3 Å². The quantitative estimate of drug-likeness (QED) is 0.325. The van der Waals surface area contributed by atoms with Crippen molar-refractivity contribution in [2.75, 3.05) is 5.33 Å². The highest BCUT2D eigenvalue weighted by atomic mass is 127. The van der Waals surface area contributed by atoms with Crippen LogP contribution in [0.5, 0.6) is 0 Å². The molecular formula is C3H8BBrIP. The molecule has 0 heterocycles. The zero-order valence-corrected chi connectivity index (χ0v) is 8.93. The normalized spacial score (nSPS) is 9.00. The van der Waals surface area contributed by atoms with E-state index in [1.165, 1.54) is 12.7 Å². The Labute approximate surface area is 69.4 Å². The number of hydrogen-bond acceptors (Lipinski definition) is 0. The Morgan fingerprint density at radius 2 is 2.29 bits per heavy atom. The molecule has 1 unspecified atom stereocenters. The molecule has 0 aliphatic heterocycles. The largest absolute Gasteiger partial charge is 0.239 e. The number of rotatable bonds is 3. The first-order valence-corrected chi connectivity index (χ1v) is 5.26. The van der Waals surface area contributed by atoms with Crippen molar-refractivity contribution in [2.45, 2.75) is 12.7 Å². The van der Waals surface area contributed by atoms with Crippen LogP contribution >= 0.6 is 47.4 Å². The molecule has 42 valence electrons. The van der Waals surface area contributed by atoms with Crippen LogP contribution in [0.15, 0.2) is 0 Å². The average molecular weight is 293 g/mol. The fourth-order valence-electron chi connectivity index (χ4n) is 0.272. The molecule has 1 atom stereocenters. The van der Waals surface area contributed by atoms with Gasteiger partial charge >= 0.3 is 0 Å². The first-order chi connectivity index (χ1) is 3.27. The summed E-state index contributed by atoms with van der Waals surface area (Å²) in [6.45, 7) is 0. The molecule has 0 bridgehead atoms. The lowest BCUT2D eigenvalue weighted by Crippen LogP contribution is -1.88. The number of alkyl halides is 1. The molecule has 0 radical (unpaired) electrons. The van der Waals surface area contributed by atoms with E-state index in [1.54, 1.807) is 0 Å². The van der Waals surface area contributed by atoms with Gasteiger partial charge in [-0.05, 0) is 6.42 Å². The van der Waals surface area contributed by atoms with E-state index >= 15 is 0 Å². The molecule has 0 aromatic carbocycles. The highest BCUT2D eigenvalue weighted by Gasteiger charge is 1.97. The van der Waals surface area contributed by atoms with Crippen LogP contribution in [0.1, 0.15) is 6.42 Å². The van der Waals surface area contributed by atoms with Crippen molar-refractivity contribution in [1.29, 1.82) is 0 Å². The van der Waals surface area contributed by atoms with Gasteiger partial charge in [-0.15, -0.1) is 22.4 Å². The van der Waals surface area contributed by atoms with E-state index in [4.69, 9.17) is 0 Å². The van der Waals surface area contributed by atoms with E-state index in [9.17, 15) is 0 Å². The third-order valence-electron chi connectivity index (χ3n) is 0.614. The van der Waals surface area contributed by atoms with Crippen molar-refractivity contribution in [1.82, 2.24) is 0 Å². The fraction of sp³-hybridized carbons (Fsp3) is 1.00. The SMILES string of the molecule is PB(I)CCCBr. The lowest BCUT2D eigenvalue weighted by molar-refractivity contribution is 1.11. The minimum atomic E-state index is 0.759. The summed E-state index contributed by atoms with van der Waals surface area (Å²) in [6.07, 6.45) is 2.59. The van der Waals surface area contributed by atoms with Gasteiger partial charge in [0, 0.05) is 5.33 Å². The Kier molecular flexibility index (Phi) is 7.26. The Bertz CT molecular complexity index is 43.9. The van der Waals surface area contributed by atoms with Crippen LogP contribution in [-0.4, -0.2) is 9.62 Å². The van der Waals surface area contributed by atoms with Crippen molar-refractivity contribution in [3.05, 3.63) is 0 Å². The molecule has 0 aromatic heterocycles. The molecule has 0 saturated heterocycles. The maximum Gasteiger partial charge on any atom is 0.239 e. The molecule has 0 saturated carbocycles. The minimum Gasteiger partial charge on any atom is -0.159 e. The number of halogens is 2. The van der Waals surface area contributed by atoms with Crippen LogP contribution in [-0.2, 0) is 0 Å². The Morgan fingerprint density at radius 1 is 1.71 bits per heavy atom. The molecule has 0 aliphatic carbocycles. The molecule has 0 aliphatic rings. The van der Waals surface area contributed by atoms with Gasteiger partial charge in [0.1, 0.15) is 0 Å². The van der Waals surface area contributed by atoms with Gasteiger partial charge < -0.3 is 0 Å². The topological polar surface area (TPSA) is 0 Å². The van der Waals surface area contributed by atoms with Gasteiger partial charge in [-0.25, -0.2) is 0 Å². The molecule has 7 heavy (non-hydrogen) atoms. The molecule has 0 rings (SSSR count). The summed E-state index contributed by atoms with van der Waals surface area (Å²) in [5, 5.41) is 1.14. The van der Waals surface area contributed by atoms with Gasteiger partial charge in [-0.3, -0.25) is 0 Å². The lowest BCUT2D eigenvalue weighted by atomic mass is 10.0. The first kappa shape index (κ1) is 8.70. The smallest absolute Gasteiger partial charge is 0.159 e. The summed E-state index contributed by atoms with van der Waals surface area (Å²) >= 11 is 5.77. The molecule has 0 nitrogen and oxygen atoms in total. The van der Waals surface area contributed by atoms with E-state index in [0.717, 1.165) is 9.62 Å². The zero-order valence-electron chi connectivity index (χ0n) is 4.03. The van der Waals surface area contributed by atoms with Crippen LogP contribution in [0.3, 0.4) is 0 Å². The predicted molar refractivity (Wildman–Crippen MR) is 52.7 cm³/mol. The number of hydrogen-bond donors (Lipinski definition) is 0. The van der Waals surface area contributed by atoms with Crippen LogP contribution < -0.4 is 0 Å². The van der Waals surface area contributed by atoms with E-state index in [2.05, 4.69) is 47.4 Å².